The van der Waals surface area contributed by atoms with Crippen molar-refractivity contribution in [3.05, 3.63) is 52.5 Å². The molecule has 0 aliphatic rings. The molecule has 0 aliphatic heterocycles. The molecule has 2 aromatic carbocycles. The maximum Gasteiger partial charge on any atom is 0.189 e. The summed E-state index contributed by atoms with van der Waals surface area (Å²) in [4.78, 5) is 0. The molecule has 0 fully saturated rings. The highest BCUT2D eigenvalue weighted by Gasteiger charge is 2.15. The van der Waals surface area contributed by atoms with Gasteiger partial charge in [0.25, 0.3) is 0 Å². The maximum atomic E-state index is 6.14. The molecule has 0 saturated carbocycles. The van der Waals surface area contributed by atoms with E-state index in [2.05, 4.69) is 31.5 Å². The summed E-state index contributed by atoms with van der Waals surface area (Å²) in [7, 11) is 0. The van der Waals surface area contributed by atoms with Gasteiger partial charge >= 0.3 is 0 Å². The zero-order valence-corrected chi connectivity index (χ0v) is 12.4. The number of anilines is 1. The van der Waals surface area contributed by atoms with Crippen LogP contribution < -0.4 is 5.73 Å². The fraction of sp³-hybridized carbons (Fsp3) is 0.0714. The van der Waals surface area contributed by atoms with Gasteiger partial charge < -0.3 is 5.73 Å². The molecule has 1 heterocycles. The smallest absolute Gasteiger partial charge is 0.189 e. The van der Waals surface area contributed by atoms with Gasteiger partial charge in [-0.25, -0.2) is 0 Å². The number of hydrogen-bond donors (Lipinski definition) is 1. The second kappa shape index (κ2) is 5.05. The predicted molar refractivity (Wildman–Crippen MR) is 81.4 cm³/mol. The van der Waals surface area contributed by atoms with Gasteiger partial charge in [-0.05, 0) is 57.0 Å². The molecule has 0 saturated heterocycles. The molecular weight excluding hydrogens is 318 g/mol. The Kier molecular flexibility index (Phi) is 3.23. The Hall–Kier alpha value is -2.21. The van der Waals surface area contributed by atoms with E-state index in [9.17, 15) is 0 Å². The van der Waals surface area contributed by atoms with Crippen LogP contribution in [0.1, 0.15) is 5.56 Å². The monoisotopic (exact) mass is 329 g/mol. The SMILES string of the molecule is Cc1cccc(-c2nnnn2-c2ccccc2Br)c1N. The Labute approximate surface area is 124 Å². The number of benzene rings is 2. The summed E-state index contributed by atoms with van der Waals surface area (Å²) in [5.74, 6) is 0.623. The van der Waals surface area contributed by atoms with Crippen LogP contribution in [0.4, 0.5) is 5.69 Å². The van der Waals surface area contributed by atoms with E-state index in [0.717, 1.165) is 21.3 Å². The Bertz CT molecular complexity index is 766. The zero-order chi connectivity index (χ0) is 14.1. The number of rotatable bonds is 2. The second-order valence-corrected chi connectivity index (χ2v) is 5.26. The molecule has 2 N–H and O–H groups in total. The molecule has 100 valence electrons. The van der Waals surface area contributed by atoms with Crippen LogP contribution in [0.25, 0.3) is 17.1 Å². The number of aromatic nitrogens is 4. The van der Waals surface area contributed by atoms with Gasteiger partial charge in [-0.3, -0.25) is 0 Å². The Morgan fingerprint density at radius 2 is 1.90 bits per heavy atom. The molecule has 0 amide bonds. The van der Waals surface area contributed by atoms with Gasteiger partial charge in [0.1, 0.15) is 0 Å². The van der Waals surface area contributed by atoms with E-state index in [4.69, 9.17) is 5.73 Å². The van der Waals surface area contributed by atoms with Crippen molar-refractivity contribution in [2.75, 3.05) is 5.73 Å². The number of nitrogens with two attached hydrogens (primary N) is 1. The number of tetrazole rings is 1. The van der Waals surface area contributed by atoms with Crippen LogP contribution in [0.2, 0.25) is 0 Å². The van der Waals surface area contributed by atoms with Crippen LogP contribution >= 0.6 is 15.9 Å². The van der Waals surface area contributed by atoms with Gasteiger partial charge in [0.05, 0.1) is 5.69 Å². The van der Waals surface area contributed by atoms with Gasteiger partial charge in [-0.1, -0.05) is 24.3 Å². The highest BCUT2D eigenvalue weighted by molar-refractivity contribution is 9.10. The number of hydrogen-bond acceptors (Lipinski definition) is 4. The van der Waals surface area contributed by atoms with E-state index < -0.39 is 0 Å². The standard InChI is InChI=1S/C14H12BrN5/c1-9-5-4-6-10(13(9)16)14-17-18-19-20(14)12-8-3-2-7-11(12)15/h2-8H,16H2,1H3. The third kappa shape index (κ3) is 2.08. The van der Waals surface area contributed by atoms with Crippen LogP contribution in [0, 0.1) is 6.92 Å². The number of nitrogen functional groups attached to an aromatic ring is 1. The lowest BCUT2D eigenvalue weighted by Gasteiger charge is -2.09. The van der Waals surface area contributed by atoms with Gasteiger partial charge in [-0.2, -0.15) is 4.68 Å². The van der Waals surface area contributed by atoms with Crippen molar-refractivity contribution in [2.45, 2.75) is 6.92 Å². The number of halogens is 1. The third-order valence-electron chi connectivity index (χ3n) is 3.12. The quantitative estimate of drug-likeness (QED) is 0.734. The van der Waals surface area contributed by atoms with Crippen molar-refractivity contribution in [3.8, 4) is 17.1 Å². The van der Waals surface area contributed by atoms with Crippen molar-refractivity contribution in [1.82, 2.24) is 20.2 Å². The largest absolute Gasteiger partial charge is 0.398 e. The molecule has 0 spiro atoms. The molecular formula is C14H12BrN5. The Balaban J connectivity index is 2.21. The third-order valence-corrected chi connectivity index (χ3v) is 3.79. The van der Waals surface area contributed by atoms with E-state index in [1.807, 2.05) is 49.4 Å². The normalized spacial score (nSPS) is 10.7. The minimum absolute atomic E-state index is 0.623. The van der Waals surface area contributed by atoms with Crippen molar-refractivity contribution in [2.24, 2.45) is 0 Å². The van der Waals surface area contributed by atoms with E-state index in [-0.39, 0.29) is 0 Å². The lowest BCUT2D eigenvalue weighted by atomic mass is 10.1. The predicted octanol–water partition coefficient (Wildman–Crippen LogP) is 2.98. The molecule has 3 aromatic rings. The molecule has 0 unspecified atom stereocenters. The summed E-state index contributed by atoms with van der Waals surface area (Å²) < 4.78 is 2.59. The average Bonchev–Trinajstić information content (AvgIpc) is 2.91. The molecule has 3 rings (SSSR count). The highest BCUT2D eigenvalue weighted by Crippen LogP contribution is 2.29. The molecule has 0 atom stereocenters. The minimum Gasteiger partial charge on any atom is -0.398 e. The van der Waals surface area contributed by atoms with Gasteiger partial charge in [0.2, 0.25) is 0 Å². The lowest BCUT2D eigenvalue weighted by molar-refractivity contribution is 0.789. The first kappa shape index (κ1) is 12.8. The topological polar surface area (TPSA) is 69.6 Å². The maximum absolute atomic E-state index is 6.14. The molecule has 6 heteroatoms. The molecule has 0 radical (unpaired) electrons. The van der Waals surface area contributed by atoms with Crippen molar-refractivity contribution in [3.63, 3.8) is 0 Å². The van der Waals surface area contributed by atoms with Gasteiger partial charge in [0, 0.05) is 15.7 Å². The van der Waals surface area contributed by atoms with E-state index in [1.165, 1.54) is 0 Å². The van der Waals surface area contributed by atoms with Crippen molar-refractivity contribution in [1.29, 1.82) is 0 Å². The minimum atomic E-state index is 0.623. The Morgan fingerprint density at radius 3 is 2.70 bits per heavy atom. The lowest BCUT2D eigenvalue weighted by Crippen LogP contribution is -2.03. The van der Waals surface area contributed by atoms with Crippen LogP contribution in [0.5, 0.6) is 0 Å². The molecule has 1 aromatic heterocycles. The van der Waals surface area contributed by atoms with E-state index in [1.54, 1.807) is 4.68 Å². The van der Waals surface area contributed by atoms with Gasteiger partial charge in [0.15, 0.2) is 5.82 Å². The summed E-state index contributed by atoms with van der Waals surface area (Å²) in [6, 6.07) is 13.6. The second-order valence-electron chi connectivity index (χ2n) is 4.40. The fourth-order valence-corrected chi connectivity index (χ4v) is 2.47. The van der Waals surface area contributed by atoms with Crippen LogP contribution in [0.15, 0.2) is 46.9 Å². The summed E-state index contributed by atoms with van der Waals surface area (Å²) in [5, 5.41) is 11.9. The summed E-state index contributed by atoms with van der Waals surface area (Å²) in [5.41, 5.74) is 9.53. The van der Waals surface area contributed by atoms with Crippen molar-refractivity contribution >= 4 is 21.6 Å². The number of nitrogens with zero attached hydrogens (tertiary/aromatic N) is 4. The first-order valence-corrected chi connectivity index (χ1v) is 6.86. The molecule has 0 aliphatic carbocycles. The van der Waals surface area contributed by atoms with Crippen molar-refractivity contribution < 1.29 is 0 Å². The van der Waals surface area contributed by atoms with E-state index >= 15 is 0 Å². The van der Waals surface area contributed by atoms with Crippen LogP contribution in [-0.4, -0.2) is 20.2 Å². The molecule has 5 nitrogen and oxygen atoms in total. The Morgan fingerprint density at radius 1 is 1.10 bits per heavy atom. The number of para-hydroxylation sites is 2. The van der Waals surface area contributed by atoms with Gasteiger partial charge in [-0.15, -0.1) is 5.10 Å². The summed E-state index contributed by atoms with van der Waals surface area (Å²) in [6.07, 6.45) is 0. The summed E-state index contributed by atoms with van der Waals surface area (Å²) in [6.45, 7) is 1.96. The van der Waals surface area contributed by atoms with Crippen LogP contribution in [0.3, 0.4) is 0 Å². The first-order chi connectivity index (χ1) is 9.68. The van der Waals surface area contributed by atoms with E-state index in [0.29, 0.717) is 11.5 Å². The zero-order valence-electron chi connectivity index (χ0n) is 10.8. The first-order valence-electron chi connectivity index (χ1n) is 6.07. The summed E-state index contributed by atoms with van der Waals surface area (Å²) >= 11 is 3.51. The fourth-order valence-electron chi connectivity index (χ4n) is 2.02. The number of aryl methyl sites for hydroxylation is 1. The average molecular weight is 330 g/mol. The molecule has 20 heavy (non-hydrogen) atoms. The van der Waals surface area contributed by atoms with Crippen LogP contribution in [-0.2, 0) is 0 Å². The highest BCUT2D eigenvalue weighted by atomic mass is 79.9. The molecule has 0 bridgehead atoms.